The molecule has 0 heterocycles. The predicted octanol–water partition coefficient (Wildman–Crippen LogP) is 6.82. The van der Waals surface area contributed by atoms with Gasteiger partial charge in [-0.05, 0) is 65.1 Å². The van der Waals surface area contributed by atoms with Crippen LogP contribution < -0.4 is 0 Å². The van der Waals surface area contributed by atoms with Crippen molar-refractivity contribution < 1.29 is 10.2 Å². The Kier molecular flexibility index (Phi) is 6.60. The molecular weight excluding hydrogens is 320 g/mol. The van der Waals surface area contributed by atoms with E-state index >= 15 is 0 Å². The SMILES string of the molecule is CCCc1cc(O)cc(CCC)c1C1=CC=C(O)CC1(C(C)C)C(C)C. The Bertz CT molecular complexity index is 657. The zero-order valence-corrected chi connectivity index (χ0v) is 17.4. The molecule has 1 aromatic rings. The molecule has 2 rings (SSSR count). The fourth-order valence-electron chi connectivity index (χ4n) is 4.83. The fraction of sp³-hybridized carbons (Fsp3) is 0.583. The van der Waals surface area contributed by atoms with Gasteiger partial charge in [-0.25, -0.2) is 0 Å². The normalized spacial score (nSPS) is 16.8. The molecule has 0 aliphatic heterocycles. The average molecular weight is 357 g/mol. The van der Waals surface area contributed by atoms with Crippen molar-refractivity contribution >= 4 is 5.57 Å². The molecule has 1 aliphatic carbocycles. The van der Waals surface area contributed by atoms with Crippen molar-refractivity contribution in [2.45, 2.75) is 73.6 Å². The molecular formula is C24H36O2. The second-order valence-electron chi connectivity index (χ2n) is 8.40. The lowest BCUT2D eigenvalue weighted by molar-refractivity contribution is 0.163. The van der Waals surface area contributed by atoms with E-state index in [0.29, 0.717) is 29.8 Å². The first-order valence-electron chi connectivity index (χ1n) is 10.2. The van der Waals surface area contributed by atoms with Crippen LogP contribution in [0, 0.1) is 17.3 Å². The van der Waals surface area contributed by atoms with Gasteiger partial charge in [-0.2, -0.15) is 0 Å². The van der Waals surface area contributed by atoms with E-state index in [1.807, 2.05) is 18.2 Å². The van der Waals surface area contributed by atoms with Gasteiger partial charge in [-0.15, -0.1) is 0 Å². The van der Waals surface area contributed by atoms with Gasteiger partial charge in [0.1, 0.15) is 5.75 Å². The summed E-state index contributed by atoms with van der Waals surface area (Å²) in [6.45, 7) is 13.5. The Labute approximate surface area is 159 Å². The molecule has 0 bridgehead atoms. The van der Waals surface area contributed by atoms with Crippen LogP contribution in [0.4, 0.5) is 0 Å². The Morgan fingerprint density at radius 3 is 1.81 bits per heavy atom. The Morgan fingerprint density at radius 2 is 1.38 bits per heavy atom. The number of aromatic hydroxyl groups is 1. The number of aliphatic hydroxyl groups is 1. The molecule has 0 saturated heterocycles. The van der Waals surface area contributed by atoms with Crippen molar-refractivity contribution in [1.29, 1.82) is 0 Å². The van der Waals surface area contributed by atoms with Crippen molar-refractivity contribution in [2.75, 3.05) is 0 Å². The first-order valence-corrected chi connectivity index (χ1v) is 10.2. The first kappa shape index (κ1) is 20.6. The highest BCUT2D eigenvalue weighted by Gasteiger charge is 2.44. The highest BCUT2D eigenvalue weighted by Crippen LogP contribution is 2.54. The van der Waals surface area contributed by atoms with Crippen molar-refractivity contribution in [3.63, 3.8) is 0 Å². The van der Waals surface area contributed by atoms with Crippen molar-refractivity contribution in [1.82, 2.24) is 0 Å². The summed E-state index contributed by atoms with van der Waals surface area (Å²) in [4.78, 5) is 0. The highest BCUT2D eigenvalue weighted by atomic mass is 16.3. The molecule has 0 amide bonds. The number of allylic oxidation sites excluding steroid dienone is 4. The minimum absolute atomic E-state index is 0.0964. The van der Waals surface area contributed by atoms with Gasteiger partial charge in [0.05, 0.1) is 5.76 Å². The summed E-state index contributed by atoms with van der Waals surface area (Å²) >= 11 is 0. The van der Waals surface area contributed by atoms with Crippen molar-refractivity contribution in [2.24, 2.45) is 17.3 Å². The molecule has 26 heavy (non-hydrogen) atoms. The second-order valence-corrected chi connectivity index (χ2v) is 8.40. The third kappa shape index (κ3) is 3.70. The monoisotopic (exact) mass is 356 g/mol. The van der Waals surface area contributed by atoms with Crippen LogP contribution in [-0.2, 0) is 12.8 Å². The molecule has 1 aliphatic rings. The smallest absolute Gasteiger partial charge is 0.116 e. The lowest BCUT2D eigenvalue weighted by atomic mass is 9.58. The summed E-state index contributed by atoms with van der Waals surface area (Å²) in [5.74, 6) is 1.66. The maximum Gasteiger partial charge on any atom is 0.116 e. The second kappa shape index (κ2) is 8.33. The number of hydrogen-bond acceptors (Lipinski definition) is 2. The van der Waals surface area contributed by atoms with Crippen LogP contribution in [0.3, 0.4) is 0 Å². The molecule has 0 unspecified atom stereocenters. The van der Waals surface area contributed by atoms with E-state index in [4.69, 9.17) is 0 Å². The van der Waals surface area contributed by atoms with Crippen LogP contribution in [0.15, 0.2) is 30.0 Å². The van der Waals surface area contributed by atoms with E-state index < -0.39 is 0 Å². The van der Waals surface area contributed by atoms with Crippen LogP contribution in [0.1, 0.15) is 77.5 Å². The van der Waals surface area contributed by atoms with E-state index in [1.165, 1.54) is 22.3 Å². The average Bonchev–Trinajstić information content (AvgIpc) is 2.55. The summed E-state index contributed by atoms with van der Waals surface area (Å²) in [7, 11) is 0. The number of hydrogen-bond donors (Lipinski definition) is 2. The maximum absolute atomic E-state index is 10.4. The van der Waals surface area contributed by atoms with Gasteiger partial charge in [0, 0.05) is 11.8 Å². The topological polar surface area (TPSA) is 40.5 Å². The Morgan fingerprint density at radius 1 is 0.885 bits per heavy atom. The van der Waals surface area contributed by atoms with E-state index in [2.05, 4.69) is 47.6 Å². The zero-order chi connectivity index (χ0) is 19.5. The van der Waals surface area contributed by atoms with Gasteiger partial charge in [-0.1, -0.05) is 60.5 Å². The molecule has 0 atom stereocenters. The number of aliphatic hydroxyl groups excluding tert-OH is 1. The van der Waals surface area contributed by atoms with Gasteiger partial charge in [-0.3, -0.25) is 0 Å². The molecule has 0 radical (unpaired) electrons. The summed E-state index contributed by atoms with van der Waals surface area (Å²) in [6.07, 6.45) is 8.71. The van der Waals surface area contributed by atoms with Crippen LogP contribution in [0.5, 0.6) is 5.75 Å². The van der Waals surface area contributed by atoms with Crippen LogP contribution >= 0.6 is 0 Å². The molecule has 0 saturated carbocycles. The minimum atomic E-state index is -0.0964. The Balaban J connectivity index is 2.81. The summed E-state index contributed by atoms with van der Waals surface area (Å²) in [5.41, 5.74) is 5.04. The van der Waals surface area contributed by atoms with Gasteiger partial charge < -0.3 is 10.2 Å². The number of aryl methyl sites for hydroxylation is 2. The first-order chi connectivity index (χ1) is 12.3. The van der Waals surface area contributed by atoms with Crippen LogP contribution in [-0.4, -0.2) is 10.2 Å². The molecule has 2 N–H and O–H groups in total. The molecule has 0 aromatic heterocycles. The number of benzene rings is 1. The fourth-order valence-corrected chi connectivity index (χ4v) is 4.83. The molecule has 2 nitrogen and oxygen atoms in total. The van der Waals surface area contributed by atoms with Crippen LogP contribution in [0.2, 0.25) is 0 Å². The third-order valence-electron chi connectivity index (χ3n) is 6.07. The largest absolute Gasteiger partial charge is 0.512 e. The van der Waals surface area contributed by atoms with Crippen molar-refractivity contribution in [3.05, 3.63) is 46.7 Å². The number of phenolic OH excluding ortho intramolecular Hbond substituents is 1. The molecule has 0 fully saturated rings. The predicted molar refractivity (Wildman–Crippen MR) is 112 cm³/mol. The van der Waals surface area contributed by atoms with Gasteiger partial charge >= 0.3 is 0 Å². The molecule has 2 heteroatoms. The van der Waals surface area contributed by atoms with E-state index in [-0.39, 0.29) is 5.41 Å². The molecule has 0 spiro atoms. The third-order valence-corrected chi connectivity index (χ3v) is 6.07. The molecule has 144 valence electrons. The Hall–Kier alpha value is -1.70. The summed E-state index contributed by atoms with van der Waals surface area (Å²) in [5, 5.41) is 20.7. The standard InChI is InChI=1S/C24H36O2/c1-7-9-18-13-21(26)14-19(10-8-2)23(18)22-12-11-20(25)15-24(22,16(3)4)17(5)6/h11-14,16-17,25-26H,7-10,15H2,1-6H3. The number of phenols is 1. The van der Waals surface area contributed by atoms with Crippen LogP contribution in [0.25, 0.3) is 5.57 Å². The van der Waals surface area contributed by atoms with Gasteiger partial charge in [0.25, 0.3) is 0 Å². The van der Waals surface area contributed by atoms with E-state index in [9.17, 15) is 10.2 Å². The highest BCUT2D eigenvalue weighted by molar-refractivity contribution is 5.78. The maximum atomic E-state index is 10.4. The van der Waals surface area contributed by atoms with E-state index in [1.54, 1.807) is 0 Å². The van der Waals surface area contributed by atoms with Gasteiger partial charge in [0.2, 0.25) is 0 Å². The molecule has 1 aromatic carbocycles. The minimum Gasteiger partial charge on any atom is -0.512 e. The lowest BCUT2D eigenvalue weighted by Crippen LogP contribution is -2.37. The van der Waals surface area contributed by atoms with E-state index in [0.717, 1.165) is 25.7 Å². The summed E-state index contributed by atoms with van der Waals surface area (Å²) in [6, 6.07) is 3.89. The lowest BCUT2D eigenvalue weighted by Gasteiger charge is -2.46. The van der Waals surface area contributed by atoms with Crippen molar-refractivity contribution in [3.8, 4) is 5.75 Å². The zero-order valence-electron chi connectivity index (χ0n) is 17.4. The van der Waals surface area contributed by atoms with Gasteiger partial charge in [0.15, 0.2) is 0 Å². The summed E-state index contributed by atoms with van der Waals surface area (Å²) < 4.78 is 0. The number of rotatable bonds is 7. The quantitative estimate of drug-likeness (QED) is 0.562.